The van der Waals surface area contributed by atoms with Gasteiger partial charge in [-0.1, -0.05) is 60.7 Å². The monoisotopic (exact) mass is 380 g/mol. The molecule has 142 valence electrons. The third-order valence-electron chi connectivity index (χ3n) is 4.68. The van der Waals surface area contributed by atoms with E-state index in [0.29, 0.717) is 11.4 Å². The molecule has 0 aliphatic rings. The summed E-state index contributed by atoms with van der Waals surface area (Å²) in [4.78, 5) is 4.67. The highest BCUT2D eigenvalue weighted by atomic mass is 16.5. The molecule has 0 saturated heterocycles. The summed E-state index contributed by atoms with van der Waals surface area (Å²) in [6, 6.07) is 25.9. The first-order valence-corrected chi connectivity index (χ1v) is 9.35. The summed E-state index contributed by atoms with van der Waals surface area (Å²) in [6.07, 6.45) is 0. The molecule has 5 heteroatoms. The van der Waals surface area contributed by atoms with Crippen LogP contribution in [0.5, 0.6) is 5.88 Å². The molecule has 0 N–H and O–H groups in total. The summed E-state index contributed by atoms with van der Waals surface area (Å²) in [5.41, 5.74) is 5.78. The number of aromatic nitrogens is 3. The summed E-state index contributed by atoms with van der Waals surface area (Å²) in [7, 11) is 0. The maximum atomic E-state index is 9.89. The summed E-state index contributed by atoms with van der Waals surface area (Å²) < 4.78 is 7.76. The van der Waals surface area contributed by atoms with Crippen molar-refractivity contribution in [2.24, 2.45) is 0 Å². The molecule has 0 atom stereocenters. The van der Waals surface area contributed by atoms with Crippen LogP contribution in [0.15, 0.2) is 72.8 Å². The molecule has 4 rings (SSSR count). The number of benzene rings is 2. The van der Waals surface area contributed by atoms with E-state index < -0.39 is 0 Å². The van der Waals surface area contributed by atoms with Crippen LogP contribution in [-0.2, 0) is 6.73 Å². The Bertz CT molecular complexity index is 1170. The number of hydrogen-bond acceptors (Lipinski definition) is 4. The summed E-state index contributed by atoms with van der Waals surface area (Å²) in [5, 5.41) is 14.3. The van der Waals surface area contributed by atoms with Gasteiger partial charge in [0.05, 0.1) is 11.4 Å². The molecule has 0 spiro atoms. The van der Waals surface area contributed by atoms with Gasteiger partial charge < -0.3 is 4.74 Å². The first-order chi connectivity index (χ1) is 14.2. The zero-order chi connectivity index (χ0) is 20.2. The van der Waals surface area contributed by atoms with Crippen LogP contribution in [0.2, 0.25) is 0 Å². The summed E-state index contributed by atoms with van der Waals surface area (Å²) >= 11 is 0. The molecule has 2 heterocycles. The predicted molar refractivity (Wildman–Crippen MR) is 112 cm³/mol. The number of rotatable bonds is 5. The van der Waals surface area contributed by atoms with E-state index in [2.05, 4.69) is 16.2 Å². The fourth-order valence-electron chi connectivity index (χ4n) is 3.26. The van der Waals surface area contributed by atoms with Gasteiger partial charge in [-0.3, -0.25) is 0 Å². The number of ether oxygens (including phenoxy) is 1. The van der Waals surface area contributed by atoms with E-state index in [1.54, 1.807) is 4.68 Å². The van der Waals surface area contributed by atoms with Crippen LogP contribution in [0.1, 0.15) is 17.0 Å². The Labute approximate surface area is 169 Å². The number of nitrogens with zero attached hydrogens (tertiary/aromatic N) is 4. The maximum Gasteiger partial charge on any atom is 0.234 e. The molecule has 0 amide bonds. The number of nitriles is 1. The van der Waals surface area contributed by atoms with Crippen molar-refractivity contribution in [1.82, 2.24) is 14.8 Å². The fraction of sp³-hybridized carbons (Fsp3) is 0.125. The Hall–Kier alpha value is -3.91. The smallest absolute Gasteiger partial charge is 0.234 e. The van der Waals surface area contributed by atoms with Crippen LogP contribution in [0.3, 0.4) is 0 Å². The van der Waals surface area contributed by atoms with Crippen molar-refractivity contribution < 1.29 is 4.74 Å². The topological polar surface area (TPSA) is 63.7 Å². The Kier molecular flexibility index (Phi) is 5.08. The molecular weight excluding hydrogens is 360 g/mol. The minimum Gasteiger partial charge on any atom is -0.453 e. The van der Waals surface area contributed by atoms with E-state index >= 15 is 0 Å². The lowest BCUT2D eigenvalue weighted by Gasteiger charge is -2.14. The van der Waals surface area contributed by atoms with Gasteiger partial charge in [-0.15, -0.1) is 0 Å². The van der Waals surface area contributed by atoms with Crippen LogP contribution in [0.25, 0.3) is 22.4 Å². The predicted octanol–water partition coefficient (Wildman–Crippen LogP) is 5.14. The normalized spacial score (nSPS) is 10.5. The molecule has 0 unspecified atom stereocenters. The van der Waals surface area contributed by atoms with Crippen molar-refractivity contribution in [1.29, 1.82) is 5.26 Å². The highest BCUT2D eigenvalue weighted by molar-refractivity contribution is 5.77. The van der Waals surface area contributed by atoms with Gasteiger partial charge in [-0.25, -0.2) is 9.67 Å². The van der Waals surface area contributed by atoms with Gasteiger partial charge in [0, 0.05) is 16.8 Å². The number of pyridine rings is 1. The molecule has 2 aromatic carbocycles. The standard InChI is InChI=1S/C24H20N4O/c1-17-13-18(2)28(27-17)16-29-24-22(15-25)21(19-9-5-3-6-10-19)14-23(26-24)20-11-7-4-8-12-20/h3-14H,16H2,1-2H3. The van der Waals surface area contributed by atoms with Gasteiger partial charge in [0.1, 0.15) is 11.6 Å². The minimum absolute atomic E-state index is 0.188. The van der Waals surface area contributed by atoms with Crippen LogP contribution in [0, 0.1) is 25.2 Å². The van der Waals surface area contributed by atoms with Crippen molar-refractivity contribution in [3.8, 4) is 34.3 Å². The molecule has 0 aliphatic carbocycles. The molecule has 4 aromatic rings. The third kappa shape index (κ3) is 3.87. The fourth-order valence-corrected chi connectivity index (χ4v) is 3.26. The first kappa shape index (κ1) is 18.5. The van der Waals surface area contributed by atoms with E-state index in [1.165, 1.54) is 0 Å². The first-order valence-electron chi connectivity index (χ1n) is 9.35. The summed E-state index contributed by atoms with van der Waals surface area (Å²) in [5.74, 6) is 0.306. The molecule has 5 nitrogen and oxygen atoms in total. The Balaban J connectivity index is 1.82. The second-order valence-electron chi connectivity index (χ2n) is 6.78. The van der Waals surface area contributed by atoms with Crippen molar-refractivity contribution in [2.75, 3.05) is 0 Å². The van der Waals surface area contributed by atoms with Gasteiger partial charge in [0.2, 0.25) is 5.88 Å². The molecule has 2 aromatic heterocycles. The largest absolute Gasteiger partial charge is 0.453 e. The van der Waals surface area contributed by atoms with E-state index in [4.69, 9.17) is 4.74 Å². The zero-order valence-electron chi connectivity index (χ0n) is 16.3. The van der Waals surface area contributed by atoms with Crippen LogP contribution in [0.4, 0.5) is 0 Å². The SMILES string of the molecule is Cc1cc(C)n(COc2nc(-c3ccccc3)cc(-c3ccccc3)c2C#N)n1. The maximum absolute atomic E-state index is 9.89. The molecular formula is C24H20N4O. The molecule has 0 fully saturated rings. The molecule has 0 radical (unpaired) electrons. The van der Waals surface area contributed by atoms with E-state index in [-0.39, 0.29) is 6.73 Å². The molecule has 29 heavy (non-hydrogen) atoms. The highest BCUT2D eigenvalue weighted by Gasteiger charge is 2.17. The second kappa shape index (κ2) is 7.99. The van der Waals surface area contributed by atoms with Crippen LogP contribution in [-0.4, -0.2) is 14.8 Å². The van der Waals surface area contributed by atoms with Gasteiger partial charge in [-0.2, -0.15) is 10.4 Å². The van der Waals surface area contributed by atoms with Gasteiger partial charge in [0.25, 0.3) is 0 Å². The Morgan fingerprint density at radius 1 is 0.931 bits per heavy atom. The minimum atomic E-state index is 0.188. The van der Waals surface area contributed by atoms with E-state index in [0.717, 1.165) is 33.8 Å². The van der Waals surface area contributed by atoms with Crippen molar-refractivity contribution in [2.45, 2.75) is 20.6 Å². The van der Waals surface area contributed by atoms with E-state index in [9.17, 15) is 5.26 Å². The summed E-state index contributed by atoms with van der Waals surface area (Å²) in [6.45, 7) is 4.09. The number of aryl methyl sites for hydroxylation is 2. The van der Waals surface area contributed by atoms with Crippen LogP contribution < -0.4 is 4.74 Å². The average molecular weight is 380 g/mol. The molecule has 0 aliphatic heterocycles. The Morgan fingerprint density at radius 3 is 2.17 bits per heavy atom. The van der Waals surface area contributed by atoms with Gasteiger partial charge in [-0.05, 0) is 31.5 Å². The lowest BCUT2D eigenvalue weighted by Crippen LogP contribution is -2.11. The molecule has 0 saturated carbocycles. The van der Waals surface area contributed by atoms with Crippen molar-refractivity contribution in [3.05, 3.63) is 89.7 Å². The Morgan fingerprint density at radius 2 is 1.59 bits per heavy atom. The quantitative estimate of drug-likeness (QED) is 0.481. The van der Waals surface area contributed by atoms with E-state index in [1.807, 2.05) is 86.6 Å². The lowest BCUT2D eigenvalue weighted by molar-refractivity contribution is 0.209. The van der Waals surface area contributed by atoms with Crippen molar-refractivity contribution >= 4 is 0 Å². The van der Waals surface area contributed by atoms with Gasteiger partial charge in [0.15, 0.2) is 6.73 Å². The highest BCUT2D eigenvalue weighted by Crippen LogP contribution is 2.33. The van der Waals surface area contributed by atoms with Crippen molar-refractivity contribution in [3.63, 3.8) is 0 Å². The van der Waals surface area contributed by atoms with Crippen LogP contribution >= 0.6 is 0 Å². The third-order valence-corrected chi connectivity index (χ3v) is 4.68. The average Bonchev–Trinajstić information content (AvgIpc) is 3.09. The zero-order valence-corrected chi connectivity index (χ0v) is 16.3. The molecule has 0 bridgehead atoms. The second-order valence-corrected chi connectivity index (χ2v) is 6.78. The van der Waals surface area contributed by atoms with Gasteiger partial charge >= 0.3 is 0 Å². The number of hydrogen-bond donors (Lipinski definition) is 0. The lowest BCUT2D eigenvalue weighted by atomic mass is 9.99.